The number of aromatic nitrogens is 4. The van der Waals surface area contributed by atoms with Gasteiger partial charge in [0.15, 0.2) is 11.0 Å². The van der Waals surface area contributed by atoms with Crippen molar-refractivity contribution < 1.29 is 13.2 Å². The van der Waals surface area contributed by atoms with Crippen LogP contribution < -0.4 is 10.0 Å². The Morgan fingerprint density at radius 1 is 1.14 bits per heavy atom. The zero-order chi connectivity index (χ0) is 20.1. The van der Waals surface area contributed by atoms with Crippen LogP contribution in [0.4, 0.5) is 11.5 Å². The van der Waals surface area contributed by atoms with E-state index in [-0.39, 0.29) is 28.2 Å². The second-order valence-corrected chi connectivity index (χ2v) is 8.02. The topological polar surface area (TPSA) is 119 Å². The Labute approximate surface area is 166 Å². The standard InChI is InChI=1S/C17H17ClN6O3S/c1-12-10-19-24(11-12)9-8-17(25)20-13-2-4-14(5-3-13)28(26,27)23-16-7-6-15(18)21-22-16/h2-7,10-11H,8-9H2,1H3,(H,20,25)(H,22,23). The molecule has 9 nitrogen and oxygen atoms in total. The third-order valence-electron chi connectivity index (χ3n) is 3.65. The van der Waals surface area contributed by atoms with E-state index < -0.39 is 10.0 Å². The first-order valence-corrected chi connectivity index (χ1v) is 10.1. The fourth-order valence-corrected chi connectivity index (χ4v) is 3.41. The van der Waals surface area contributed by atoms with Gasteiger partial charge in [-0.15, -0.1) is 10.2 Å². The molecule has 11 heteroatoms. The average molecular weight is 421 g/mol. The van der Waals surface area contributed by atoms with E-state index in [0.717, 1.165) is 5.56 Å². The van der Waals surface area contributed by atoms with E-state index in [2.05, 4.69) is 25.3 Å². The third kappa shape index (κ3) is 5.27. The van der Waals surface area contributed by atoms with E-state index >= 15 is 0 Å². The number of benzene rings is 1. The quantitative estimate of drug-likeness (QED) is 0.606. The van der Waals surface area contributed by atoms with Crippen molar-refractivity contribution in [2.75, 3.05) is 10.0 Å². The zero-order valence-electron chi connectivity index (χ0n) is 14.8. The lowest BCUT2D eigenvalue weighted by atomic mass is 10.3. The summed E-state index contributed by atoms with van der Waals surface area (Å²) in [5, 5.41) is 14.2. The Bertz CT molecular complexity index is 1070. The van der Waals surface area contributed by atoms with Crippen LogP contribution in [0.25, 0.3) is 0 Å². The molecule has 146 valence electrons. The molecule has 0 aliphatic rings. The largest absolute Gasteiger partial charge is 0.326 e. The number of hydrogen-bond donors (Lipinski definition) is 2. The van der Waals surface area contributed by atoms with Gasteiger partial charge in [-0.3, -0.25) is 14.2 Å². The van der Waals surface area contributed by atoms with Crippen LogP contribution in [-0.2, 0) is 21.4 Å². The molecule has 0 unspecified atom stereocenters. The predicted molar refractivity (Wildman–Crippen MR) is 105 cm³/mol. The minimum absolute atomic E-state index is 0.0225. The Balaban J connectivity index is 1.59. The molecular weight excluding hydrogens is 404 g/mol. The molecule has 0 saturated carbocycles. The zero-order valence-corrected chi connectivity index (χ0v) is 16.4. The van der Waals surface area contributed by atoms with Gasteiger partial charge in [0.05, 0.1) is 11.1 Å². The van der Waals surface area contributed by atoms with Crippen LogP contribution in [0.5, 0.6) is 0 Å². The summed E-state index contributed by atoms with van der Waals surface area (Å²) in [6, 6.07) is 8.63. The number of nitrogens with one attached hydrogen (secondary N) is 2. The number of nitrogens with zero attached hydrogens (tertiary/aromatic N) is 4. The third-order valence-corrected chi connectivity index (χ3v) is 5.22. The smallest absolute Gasteiger partial charge is 0.263 e. The van der Waals surface area contributed by atoms with Gasteiger partial charge in [-0.1, -0.05) is 11.6 Å². The van der Waals surface area contributed by atoms with Gasteiger partial charge in [0.1, 0.15) is 0 Å². The highest BCUT2D eigenvalue weighted by molar-refractivity contribution is 7.92. The van der Waals surface area contributed by atoms with E-state index in [4.69, 9.17) is 11.6 Å². The molecule has 0 spiro atoms. The molecule has 0 aliphatic carbocycles. The molecule has 0 fully saturated rings. The second kappa shape index (κ2) is 8.36. The molecule has 2 N–H and O–H groups in total. The molecule has 28 heavy (non-hydrogen) atoms. The number of anilines is 2. The number of carbonyl (C=O) groups is 1. The molecule has 0 bridgehead atoms. The highest BCUT2D eigenvalue weighted by Crippen LogP contribution is 2.17. The van der Waals surface area contributed by atoms with Gasteiger partial charge in [0.25, 0.3) is 10.0 Å². The highest BCUT2D eigenvalue weighted by Gasteiger charge is 2.15. The van der Waals surface area contributed by atoms with Crippen molar-refractivity contribution in [1.82, 2.24) is 20.0 Å². The molecular formula is C17H17ClN6O3S. The number of sulfonamides is 1. The van der Waals surface area contributed by atoms with Crippen LogP contribution in [0.1, 0.15) is 12.0 Å². The SMILES string of the molecule is Cc1cnn(CCC(=O)Nc2ccc(S(=O)(=O)Nc3ccc(Cl)nn3)cc2)c1. The van der Waals surface area contributed by atoms with Crippen molar-refractivity contribution in [1.29, 1.82) is 0 Å². The lowest BCUT2D eigenvalue weighted by Crippen LogP contribution is -2.16. The van der Waals surface area contributed by atoms with E-state index in [0.29, 0.717) is 12.2 Å². The van der Waals surface area contributed by atoms with Crippen molar-refractivity contribution in [3.05, 3.63) is 59.5 Å². The average Bonchev–Trinajstić information content (AvgIpc) is 3.08. The van der Waals surface area contributed by atoms with Crippen molar-refractivity contribution in [2.45, 2.75) is 24.8 Å². The first-order valence-electron chi connectivity index (χ1n) is 8.23. The normalized spacial score (nSPS) is 11.2. The van der Waals surface area contributed by atoms with Gasteiger partial charge < -0.3 is 5.32 Å². The molecule has 0 radical (unpaired) electrons. The molecule has 3 rings (SSSR count). The summed E-state index contributed by atoms with van der Waals surface area (Å²) in [5.74, 6) is -0.144. The fraction of sp³-hybridized carbons (Fsp3) is 0.176. The summed E-state index contributed by atoms with van der Waals surface area (Å²) in [4.78, 5) is 12.1. The Morgan fingerprint density at radius 2 is 1.89 bits per heavy atom. The van der Waals surface area contributed by atoms with Crippen molar-refractivity contribution in [3.63, 3.8) is 0 Å². The van der Waals surface area contributed by atoms with Crippen molar-refractivity contribution in [2.24, 2.45) is 0 Å². The first-order chi connectivity index (χ1) is 13.3. The number of amides is 1. The Kier molecular flexibility index (Phi) is 5.90. The minimum atomic E-state index is -3.84. The van der Waals surface area contributed by atoms with Crippen LogP contribution in [0.15, 0.2) is 53.7 Å². The van der Waals surface area contributed by atoms with Gasteiger partial charge in [0.2, 0.25) is 5.91 Å². The van der Waals surface area contributed by atoms with E-state index in [1.807, 2.05) is 13.1 Å². The maximum absolute atomic E-state index is 12.4. The number of hydrogen-bond acceptors (Lipinski definition) is 6. The molecule has 0 aliphatic heterocycles. The Hall–Kier alpha value is -2.98. The highest BCUT2D eigenvalue weighted by atomic mass is 35.5. The second-order valence-electron chi connectivity index (χ2n) is 5.95. The summed E-state index contributed by atoms with van der Waals surface area (Å²) in [5.41, 5.74) is 1.52. The number of carbonyl (C=O) groups excluding carboxylic acids is 1. The fourth-order valence-electron chi connectivity index (χ4n) is 2.31. The summed E-state index contributed by atoms with van der Waals surface area (Å²) in [6.45, 7) is 2.38. The number of halogens is 1. The predicted octanol–water partition coefficient (Wildman–Crippen LogP) is 2.46. The first kappa shape index (κ1) is 19.8. The number of rotatable bonds is 7. The maximum atomic E-state index is 12.4. The summed E-state index contributed by atoms with van der Waals surface area (Å²) in [6.07, 6.45) is 3.82. The van der Waals surface area contributed by atoms with Gasteiger partial charge in [0, 0.05) is 24.8 Å². The molecule has 1 amide bonds. The van der Waals surface area contributed by atoms with Crippen molar-refractivity contribution in [3.8, 4) is 0 Å². The van der Waals surface area contributed by atoms with Gasteiger partial charge in [-0.25, -0.2) is 8.42 Å². The van der Waals surface area contributed by atoms with Gasteiger partial charge in [-0.2, -0.15) is 5.10 Å². The van der Waals surface area contributed by atoms with Crippen LogP contribution in [0.3, 0.4) is 0 Å². The molecule has 2 aromatic heterocycles. The lowest BCUT2D eigenvalue weighted by Gasteiger charge is -2.09. The monoisotopic (exact) mass is 420 g/mol. The van der Waals surface area contributed by atoms with E-state index in [1.165, 1.54) is 36.4 Å². The molecule has 3 aromatic rings. The van der Waals surface area contributed by atoms with Crippen molar-refractivity contribution >= 4 is 39.0 Å². The van der Waals surface area contributed by atoms with Crippen LogP contribution in [-0.4, -0.2) is 34.3 Å². The van der Waals surface area contributed by atoms with Crippen LogP contribution in [0.2, 0.25) is 5.15 Å². The van der Waals surface area contributed by atoms with Gasteiger partial charge >= 0.3 is 0 Å². The molecule has 2 heterocycles. The summed E-state index contributed by atoms with van der Waals surface area (Å²) in [7, 11) is -3.84. The molecule has 0 saturated heterocycles. The maximum Gasteiger partial charge on any atom is 0.263 e. The molecule has 1 aromatic carbocycles. The lowest BCUT2D eigenvalue weighted by molar-refractivity contribution is -0.116. The summed E-state index contributed by atoms with van der Waals surface area (Å²) >= 11 is 5.63. The minimum Gasteiger partial charge on any atom is -0.326 e. The van der Waals surface area contributed by atoms with Gasteiger partial charge in [-0.05, 0) is 48.9 Å². The van der Waals surface area contributed by atoms with Crippen LogP contribution in [0, 0.1) is 6.92 Å². The van der Waals surface area contributed by atoms with E-state index in [1.54, 1.807) is 10.9 Å². The number of aryl methyl sites for hydroxylation is 2. The summed E-state index contributed by atoms with van der Waals surface area (Å²) < 4.78 is 28.7. The molecule has 0 atom stereocenters. The Morgan fingerprint density at radius 3 is 2.50 bits per heavy atom. The van der Waals surface area contributed by atoms with Crippen LogP contribution >= 0.6 is 11.6 Å². The van der Waals surface area contributed by atoms with E-state index in [9.17, 15) is 13.2 Å².